The summed E-state index contributed by atoms with van der Waals surface area (Å²) < 4.78 is 29.5. The average Bonchev–Trinajstić information content (AvgIpc) is 2.83. The SMILES string of the molecule is NC(N)=NCCC[C@@H](C=O)NC(=O)Cn1cccc(NS(=O)(=O)c2cccc3ccccc23)c1=O. The maximum absolute atomic E-state index is 13.1. The van der Waals surface area contributed by atoms with E-state index < -0.39 is 34.1 Å². The fourth-order valence-corrected chi connectivity index (χ4v) is 4.76. The maximum Gasteiger partial charge on any atom is 0.275 e. The molecule has 184 valence electrons. The number of fused-ring (bicyclic) bond motifs is 1. The minimum Gasteiger partial charge on any atom is -0.370 e. The van der Waals surface area contributed by atoms with Crippen LogP contribution in [0.5, 0.6) is 0 Å². The number of carbonyl (C=O) groups is 2. The first-order valence-corrected chi connectivity index (χ1v) is 12.2. The van der Waals surface area contributed by atoms with Crippen LogP contribution in [0.15, 0.2) is 75.5 Å². The minimum absolute atomic E-state index is 0.0256. The molecule has 11 nitrogen and oxygen atoms in total. The number of aldehydes is 1. The van der Waals surface area contributed by atoms with Crippen LogP contribution >= 0.6 is 0 Å². The van der Waals surface area contributed by atoms with Crippen LogP contribution in [0.25, 0.3) is 10.8 Å². The van der Waals surface area contributed by atoms with Crippen LogP contribution in [-0.4, -0.2) is 43.7 Å². The van der Waals surface area contributed by atoms with Gasteiger partial charge >= 0.3 is 0 Å². The summed E-state index contributed by atoms with van der Waals surface area (Å²) in [6.45, 7) is -0.0954. The van der Waals surface area contributed by atoms with Gasteiger partial charge in [0.25, 0.3) is 15.6 Å². The van der Waals surface area contributed by atoms with E-state index in [1.807, 2.05) is 0 Å². The van der Waals surface area contributed by atoms with Crippen LogP contribution in [0, 0.1) is 0 Å². The first kappa shape index (κ1) is 25.4. The number of amides is 1. The lowest BCUT2D eigenvalue weighted by Crippen LogP contribution is -2.40. The Labute approximate surface area is 201 Å². The van der Waals surface area contributed by atoms with Gasteiger partial charge in [0.2, 0.25) is 5.91 Å². The van der Waals surface area contributed by atoms with Crippen molar-refractivity contribution in [3.63, 3.8) is 0 Å². The van der Waals surface area contributed by atoms with Gasteiger partial charge in [0, 0.05) is 18.1 Å². The van der Waals surface area contributed by atoms with Gasteiger partial charge in [-0.05, 0) is 36.4 Å². The molecular formula is C23H26N6O5S. The molecule has 0 aliphatic heterocycles. The molecule has 0 saturated heterocycles. The van der Waals surface area contributed by atoms with E-state index in [-0.39, 0.29) is 16.5 Å². The summed E-state index contributed by atoms with van der Waals surface area (Å²) in [5.41, 5.74) is 9.57. The van der Waals surface area contributed by atoms with Crippen molar-refractivity contribution in [3.05, 3.63) is 71.1 Å². The molecule has 0 saturated carbocycles. The fraction of sp³-hybridized carbons (Fsp3) is 0.217. The van der Waals surface area contributed by atoms with Crippen molar-refractivity contribution in [2.24, 2.45) is 16.5 Å². The van der Waals surface area contributed by atoms with Gasteiger partial charge in [-0.15, -0.1) is 0 Å². The van der Waals surface area contributed by atoms with Crippen molar-refractivity contribution >= 4 is 44.6 Å². The van der Waals surface area contributed by atoms with Gasteiger partial charge in [-0.1, -0.05) is 36.4 Å². The van der Waals surface area contributed by atoms with Crippen LogP contribution in [0.4, 0.5) is 5.69 Å². The second-order valence-corrected chi connectivity index (χ2v) is 9.35. The first-order chi connectivity index (χ1) is 16.7. The topological polar surface area (TPSA) is 179 Å². The fourth-order valence-electron chi connectivity index (χ4n) is 3.47. The molecule has 1 aromatic heterocycles. The number of benzene rings is 2. The van der Waals surface area contributed by atoms with Crippen LogP contribution in [0.3, 0.4) is 0 Å². The lowest BCUT2D eigenvalue weighted by Gasteiger charge is -2.14. The van der Waals surface area contributed by atoms with E-state index in [2.05, 4.69) is 15.0 Å². The minimum atomic E-state index is -4.09. The lowest BCUT2D eigenvalue weighted by atomic mass is 10.1. The Hall–Kier alpha value is -4.19. The van der Waals surface area contributed by atoms with Crippen molar-refractivity contribution in [2.75, 3.05) is 11.3 Å². The van der Waals surface area contributed by atoms with Gasteiger partial charge in [0.05, 0.1) is 10.9 Å². The number of aromatic nitrogens is 1. The first-order valence-electron chi connectivity index (χ1n) is 10.7. The van der Waals surface area contributed by atoms with Gasteiger partial charge in [0.15, 0.2) is 5.96 Å². The number of pyridine rings is 1. The van der Waals surface area contributed by atoms with Crippen LogP contribution in [-0.2, 0) is 26.2 Å². The van der Waals surface area contributed by atoms with E-state index in [1.165, 1.54) is 24.4 Å². The molecule has 0 aliphatic carbocycles. The van der Waals surface area contributed by atoms with E-state index >= 15 is 0 Å². The van der Waals surface area contributed by atoms with E-state index in [4.69, 9.17) is 11.5 Å². The predicted molar refractivity (Wildman–Crippen MR) is 133 cm³/mol. The molecule has 1 atom stereocenters. The van der Waals surface area contributed by atoms with Crippen LogP contribution in [0.1, 0.15) is 12.8 Å². The monoisotopic (exact) mass is 498 g/mol. The number of rotatable bonds is 11. The third-order valence-electron chi connectivity index (χ3n) is 5.10. The van der Waals surface area contributed by atoms with E-state index in [0.717, 1.165) is 9.95 Å². The molecule has 0 spiro atoms. The molecule has 35 heavy (non-hydrogen) atoms. The summed E-state index contributed by atoms with van der Waals surface area (Å²) >= 11 is 0. The van der Waals surface area contributed by atoms with Crippen molar-refractivity contribution in [1.29, 1.82) is 0 Å². The third kappa shape index (κ3) is 6.67. The van der Waals surface area contributed by atoms with Gasteiger partial charge in [-0.25, -0.2) is 8.42 Å². The highest BCUT2D eigenvalue weighted by molar-refractivity contribution is 7.93. The Bertz CT molecular complexity index is 1410. The molecule has 0 fully saturated rings. The largest absolute Gasteiger partial charge is 0.370 e. The maximum atomic E-state index is 13.1. The van der Waals surface area contributed by atoms with Crippen LogP contribution < -0.4 is 27.1 Å². The number of nitrogens with zero attached hydrogens (tertiary/aromatic N) is 2. The van der Waals surface area contributed by atoms with E-state index in [9.17, 15) is 22.8 Å². The number of hydrogen-bond acceptors (Lipinski definition) is 6. The van der Waals surface area contributed by atoms with Crippen LogP contribution in [0.2, 0.25) is 0 Å². The average molecular weight is 499 g/mol. The summed E-state index contributed by atoms with van der Waals surface area (Å²) in [7, 11) is -4.09. The molecule has 6 N–H and O–H groups in total. The standard InChI is InChI=1S/C23H26N6O5S/c24-23(25)26-12-4-8-17(15-30)27-21(31)14-29-13-5-10-19(22(29)32)28-35(33,34)20-11-3-7-16-6-1-2-9-18(16)20/h1-3,5-7,9-11,13,15,17,28H,4,8,12,14H2,(H,27,31)(H4,24,25,26)/t17-/m0/s1. The Balaban J connectivity index is 1.72. The number of hydrogen-bond donors (Lipinski definition) is 4. The number of anilines is 1. The normalized spacial score (nSPS) is 12.0. The summed E-state index contributed by atoms with van der Waals surface area (Å²) in [5, 5.41) is 3.78. The van der Waals surface area contributed by atoms with Gasteiger partial charge in [0.1, 0.15) is 18.5 Å². The molecule has 1 heterocycles. The molecule has 1 amide bonds. The number of nitrogens with two attached hydrogens (primary N) is 2. The molecule has 0 aliphatic rings. The van der Waals surface area contributed by atoms with Gasteiger partial charge in [-0.2, -0.15) is 0 Å². The van der Waals surface area contributed by atoms with E-state index in [0.29, 0.717) is 31.1 Å². The van der Waals surface area contributed by atoms with Crippen molar-refractivity contribution < 1.29 is 18.0 Å². The number of sulfonamides is 1. The number of aliphatic imine (C=N–C) groups is 1. The van der Waals surface area contributed by atoms with E-state index in [1.54, 1.807) is 36.4 Å². The lowest BCUT2D eigenvalue weighted by molar-refractivity contribution is -0.124. The molecular weight excluding hydrogens is 472 g/mol. The highest BCUT2D eigenvalue weighted by Crippen LogP contribution is 2.24. The van der Waals surface area contributed by atoms with Crippen molar-refractivity contribution in [2.45, 2.75) is 30.3 Å². The summed E-state index contributed by atoms with van der Waals surface area (Å²) in [4.78, 5) is 40.4. The Morgan fingerprint density at radius 1 is 1.09 bits per heavy atom. The smallest absolute Gasteiger partial charge is 0.275 e. The molecule has 0 radical (unpaired) electrons. The summed E-state index contributed by atoms with van der Waals surface area (Å²) in [5.74, 6) is -0.646. The molecule has 3 rings (SSSR count). The van der Waals surface area contributed by atoms with Crippen molar-refractivity contribution in [1.82, 2.24) is 9.88 Å². The zero-order chi connectivity index (χ0) is 25.4. The number of guanidine groups is 1. The Morgan fingerprint density at radius 2 is 1.83 bits per heavy atom. The third-order valence-corrected chi connectivity index (χ3v) is 6.52. The zero-order valence-corrected chi connectivity index (χ0v) is 19.6. The summed E-state index contributed by atoms with van der Waals surface area (Å²) in [6.07, 6.45) is 2.72. The highest BCUT2D eigenvalue weighted by atomic mass is 32.2. The number of nitrogens with one attached hydrogen (secondary N) is 2. The second-order valence-electron chi connectivity index (χ2n) is 7.70. The quantitative estimate of drug-likeness (QED) is 0.129. The van der Waals surface area contributed by atoms with Crippen molar-refractivity contribution in [3.8, 4) is 0 Å². The molecule has 0 bridgehead atoms. The zero-order valence-electron chi connectivity index (χ0n) is 18.8. The molecule has 0 unspecified atom stereocenters. The summed E-state index contributed by atoms with van der Waals surface area (Å²) in [6, 6.07) is 13.8. The Morgan fingerprint density at radius 3 is 2.57 bits per heavy atom. The van der Waals surface area contributed by atoms with Gasteiger partial charge < -0.3 is 26.1 Å². The number of carbonyl (C=O) groups excluding carboxylic acids is 2. The highest BCUT2D eigenvalue weighted by Gasteiger charge is 2.20. The van der Waals surface area contributed by atoms with Gasteiger partial charge in [-0.3, -0.25) is 19.3 Å². The molecule has 3 aromatic rings. The predicted octanol–water partition coefficient (Wildman–Crippen LogP) is 0.540. The second kappa shape index (κ2) is 11.3. The molecule has 12 heteroatoms. The molecule has 2 aromatic carbocycles. The Kier molecular flexibility index (Phi) is 8.21.